The minimum atomic E-state index is -1.18. The quantitative estimate of drug-likeness (QED) is 0.797. The van der Waals surface area contributed by atoms with Gasteiger partial charge in [-0.05, 0) is 12.6 Å². The molecule has 2 rings (SSSR count). The van der Waals surface area contributed by atoms with Crippen LogP contribution >= 0.6 is 0 Å². The fourth-order valence-electron chi connectivity index (χ4n) is 2.11. The van der Waals surface area contributed by atoms with E-state index in [0.29, 0.717) is 11.6 Å². The van der Waals surface area contributed by atoms with E-state index >= 15 is 0 Å². The second kappa shape index (κ2) is 5.70. The molecule has 0 aromatic heterocycles. The molecule has 0 saturated carbocycles. The maximum atomic E-state index is 12.0. The summed E-state index contributed by atoms with van der Waals surface area (Å²) in [5, 5.41) is 0.439. The van der Waals surface area contributed by atoms with E-state index in [0.717, 1.165) is 5.56 Å². The Morgan fingerprint density at radius 1 is 1.40 bits per heavy atom. The van der Waals surface area contributed by atoms with Gasteiger partial charge in [-0.25, -0.2) is 4.79 Å². The second-order valence-corrected chi connectivity index (χ2v) is 4.56. The first-order chi connectivity index (χ1) is 9.49. The van der Waals surface area contributed by atoms with Crippen LogP contribution in [0, 0.1) is 0 Å². The molecule has 1 atom stereocenters. The Morgan fingerprint density at radius 3 is 2.65 bits per heavy atom. The summed E-state index contributed by atoms with van der Waals surface area (Å²) >= 11 is 0. The zero-order chi connectivity index (χ0) is 14.7. The van der Waals surface area contributed by atoms with Crippen LogP contribution in [-0.2, 0) is 21.0 Å². The monoisotopic (exact) mass is 277 g/mol. The topological polar surface area (TPSA) is 92.9 Å². The number of primary amides is 1. The first kappa shape index (κ1) is 14.0. The maximum absolute atomic E-state index is 12.0. The average Bonchev–Trinajstić information content (AvgIpc) is 2.67. The number of hydrogen-bond donors (Lipinski definition) is 1. The van der Waals surface area contributed by atoms with Crippen LogP contribution in [-0.4, -0.2) is 41.0 Å². The molecule has 1 aliphatic rings. The number of amides is 3. The van der Waals surface area contributed by atoms with E-state index in [1.165, 1.54) is 0 Å². The van der Waals surface area contributed by atoms with Gasteiger partial charge in [0.25, 0.3) is 11.8 Å². The van der Waals surface area contributed by atoms with Crippen molar-refractivity contribution in [3.63, 3.8) is 0 Å². The number of rotatable bonds is 4. The van der Waals surface area contributed by atoms with Gasteiger partial charge in [0.05, 0.1) is 6.42 Å². The predicted octanol–water partition coefficient (Wildman–Crippen LogP) is 0.256. The number of nitrogens with two attached hydrogens (primary N) is 1. The van der Waals surface area contributed by atoms with Crippen molar-refractivity contribution in [3.8, 4) is 0 Å². The van der Waals surface area contributed by atoms with Crippen molar-refractivity contribution >= 4 is 17.9 Å². The van der Waals surface area contributed by atoms with Gasteiger partial charge in [-0.3, -0.25) is 14.5 Å². The fraction of sp³-hybridized carbons (Fsp3) is 0.308. The van der Waals surface area contributed by atoms with Gasteiger partial charge in [-0.2, -0.15) is 0 Å². The SMILES string of the molecule is CN(Cc1ccccc1)C1CC(=O)N(OC(N)=O)C1=O. The molecule has 7 heteroatoms. The average molecular weight is 277 g/mol. The van der Waals surface area contributed by atoms with Crippen molar-refractivity contribution in [1.29, 1.82) is 0 Å². The number of carbonyl (C=O) groups excluding carboxylic acids is 3. The van der Waals surface area contributed by atoms with Crippen LogP contribution in [0.2, 0.25) is 0 Å². The summed E-state index contributed by atoms with van der Waals surface area (Å²) < 4.78 is 0. The van der Waals surface area contributed by atoms with Crippen molar-refractivity contribution in [3.05, 3.63) is 35.9 Å². The second-order valence-electron chi connectivity index (χ2n) is 4.56. The molecule has 1 unspecified atom stereocenters. The lowest BCUT2D eigenvalue weighted by Crippen LogP contribution is -2.41. The molecule has 1 aromatic carbocycles. The lowest BCUT2D eigenvalue weighted by atomic mass is 10.1. The van der Waals surface area contributed by atoms with Gasteiger partial charge in [0, 0.05) is 6.54 Å². The van der Waals surface area contributed by atoms with Crippen LogP contribution in [0.3, 0.4) is 0 Å². The predicted molar refractivity (Wildman–Crippen MR) is 68.8 cm³/mol. The summed E-state index contributed by atoms with van der Waals surface area (Å²) in [6, 6.07) is 8.89. The minimum Gasteiger partial charge on any atom is -0.333 e. The highest BCUT2D eigenvalue weighted by molar-refractivity contribution is 6.05. The van der Waals surface area contributed by atoms with E-state index in [-0.39, 0.29) is 6.42 Å². The zero-order valence-electron chi connectivity index (χ0n) is 11.0. The van der Waals surface area contributed by atoms with Crippen molar-refractivity contribution < 1.29 is 19.2 Å². The molecule has 7 nitrogen and oxygen atoms in total. The van der Waals surface area contributed by atoms with Crippen molar-refractivity contribution in [2.45, 2.75) is 19.0 Å². The molecule has 1 aliphatic heterocycles. The highest BCUT2D eigenvalue weighted by Crippen LogP contribution is 2.19. The summed E-state index contributed by atoms with van der Waals surface area (Å²) in [5.74, 6) is -1.15. The van der Waals surface area contributed by atoms with E-state index in [1.54, 1.807) is 11.9 Å². The number of nitrogens with zero attached hydrogens (tertiary/aromatic N) is 2. The molecule has 0 radical (unpaired) electrons. The van der Waals surface area contributed by atoms with E-state index in [2.05, 4.69) is 4.84 Å². The van der Waals surface area contributed by atoms with Crippen LogP contribution in [0.15, 0.2) is 30.3 Å². The van der Waals surface area contributed by atoms with E-state index < -0.39 is 23.9 Å². The van der Waals surface area contributed by atoms with Gasteiger partial charge in [-0.15, -0.1) is 0 Å². The first-order valence-electron chi connectivity index (χ1n) is 6.07. The summed E-state index contributed by atoms with van der Waals surface area (Å²) in [6.07, 6.45) is -1.21. The molecule has 20 heavy (non-hydrogen) atoms. The zero-order valence-corrected chi connectivity index (χ0v) is 11.0. The largest absolute Gasteiger partial charge is 0.429 e. The molecule has 0 aliphatic carbocycles. The Balaban J connectivity index is 2.04. The molecule has 2 N–H and O–H groups in total. The molecular formula is C13H15N3O4. The molecule has 1 fully saturated rings. The molecule has 0 spiro atoms. The number of hydrogen-bond acceptors (Lipinski definition) is 5. The van der Waals surface area contributed by atoms with Crippen molar-refractivity contribution in [1.82, 2.24) is 9.96 Å². The lowest BCUT2D eigenvalue weighted by molar-refractivity contribution is -0.172. The van der Waals surface area contributed by atoms with Crippen LogP contribution in [0.5, 0.6) is 0 Å². The van der Waals surface area contributed by atoms with E-state index in [1.807, 2.05) is 30.3 Å². The minimum absolute atomic E-state index is 0.0323. The van der Waals surface area contributed by atoms with E-state index in [4.69, 9.17) is 5.73 Å². The third-order valence-corrected chi connectivity index (χ3v) is 3.07. The summed E-state index contributed by atoms with van der Waals surface area (Å²) in [5.41, 5.74) is 5.84. The Labute approximate surface area is 115 Å². The standard InChI is InChI=1S/C13H15N3O4/c1-15(8-9-5-3-2-4-6-9)10-7-11(17)16(12(10)18)20-13(14)19/h2-6,10H,7-8H2,1H3,(H2,14,19). The lowest BCUT2D eigenvalue weighted by Gasteiger charge is -2.22. The summed E-state index contributed by atoms with van der Waals surface area (Å²) in [7, 11) is 1.73. The molecule has 1 saturated heterocycles. The van der Waals surface area contributed by atoms with Gasteiger partial charge in [-0.1, -0.05) is 35.4 Å². The van der Waals surface area contributed by atoms with Crippen molar-refractivity contribution in [2.24, 2.45) is 5.73 Å². The maximum Gasteiger partial charge on any atom is 0.429 e. The molecule has 3 amide bonds. The smallest absolute Gasteiger partial charge is 0.333 e. The summed E-state index contributed by atoms with van der Waals surface area (Å²) in [6.45, 7) is 0.509. The number of imide groups is 1. The van der Waals surface area contributed by atoms with Crippen LogP contribution < -0.4 is 5.73 Å². The third kappa shape index (κ3) is 2.94. The highest BCUT2D eigenvalue weighted by atomic mass is 16.7. The molecule has 1 heterocycles. The Bertz CT molecular complexity index is 532. The van der Waals surface area contributed by atoms with Gasteiger partial charge in [0.15, 0.2) is 0 Å². The van der Waals surface area contributed by atoms with Crippen molar-refractivity contribution in [2.75, 3.05) is 7.05 Å². The Hall–Kier alpha value is -2.41. The molecular weight excluding hydrogens is 262 g/mol. The number of likely N-dealkylation sites (N-methyl/N-ethyl adjacent to an activating group) is 1. The number of hydroxylamine groups is 2. The first-order valence-corrected chi connectivity index (χ1v) is 6.07. The number of benzene rings is 1. The molecule has 106 valence electrons. The molecule has 1 aromatic rings. The van der Waals surface area contributed by atoms with E-state index in [9.17, 15) is 14.4 Å². The van der Waals surface area contributed by atoms with Gasteiger partial charge in [0.2, 0.25) is 0 Å². The van der Waals surface area contributed by atoms with Gasteiger partial charge >= 0.3 is 6.09 Å². The highest BCUT2D eigenvalue weighted by Gasteiger charge is 2.43. The van der Waals surface area contributed by atoms with Crippen LogP contribution in [0.1, 0.15) is 12.0 Å². The number of carbonyl (C=O) groups is 3. The third-order valence-electron chi connectivity index (χ3n) is 3.07. The normalized spacial score (nSPS) is 18.7. The van der Waals surface area contributed by atoms with Crippen LogP contribution in [0.25, 0.3) is 0 Å². The summed E-state index contributed by atoms with van der Waals surface area (Å²) in [4.78, 5) is 40.4. The Morgan fingerprint density at radius 2 is 2.05 bits per heavy atom. The van der Waals surface area contributed by atoms with Gasteiger partial charge in [0.1, 0.15) is 6.04 Å². The molecule has 0 bridgehead atoms. The fourth-order valence-corrected chi connectivity index (χ4v) is 2.11. The van der Waals surface area contributed by atoms with Gasteiger partial charge < -0.3 is 10.6 Å². The Kier molecular flexibility index (Phi) is 3.99. The van der Waals surface area contributed by atoms with Crippen LogP contribution in [0.4, 0.5) is 4.79 Å².